The fourth-order valence-corrected chi connectivity index (χ4v) is 1.06. The third kappa shape index (κ3) is 3.79. The van der Waals surface area contributed by atoms with Crippen molar-refractivity contribution in [3.8, 4) is 0 Å². The largest absolute Gasteiger partial charge is 0.407 e. The van der Waals surface area contributed by atoms with Crippen LogP contribution in [0, 0.1) is 0 Å². The van der Waals surface area contributed by atoms with E-state index in [1.807, 2.05) is 0 Å². The fourth-order valence-electron chi connectivity index (χ4n) is 1.06. The maximum Gasteiger partial charge on any atom is 0.407 e. The van der Waals surface area contributed by atoms with E-state index in [0.29, 0.717) is 0 Å². The van der Waals surface area contributed by atoms with E-state index in [1.165, 1.54) is 31.4 Å². The average Bonchev–Trinajstić information content (AvgIpc) is 2.09. The molecular weight excluding hydrogens is 191 g/mol. The molecule has 0 spiro atoms. The Bertz CT molecular complexity index is 238. The molecule has 0 fully saturated rings. The summed E-state index contributed by atoms with van der Waals surface area (Å²) >= 11 is 0. The molecule has 0 saturated heterocycles. The van der Waals surface area contributed by atoms with Crippen LogP contribution < -0.4 is 5.32 Å². The van der Waals surface area contributed by atoms with E-state index in [-0.39, 0.29) is 5.57 Å². The third-order valence-corrected chi connectivity index (χ3v) is 1.71. The molecule has 1 atom stereocenters. The zero-order valence-corrected chi connectivity index (χ0v) is 8.23. The van der Waals surface area contributed by atoms with Crippen molar-refractivity contribution >= 4 is 0 Å². The van der Waals surface area contributed by atoms with Crippen molar-refractivity contribution in [1.29, 1.82) is 0 Å². The Labute approximate surface area is 82.0 Å². The molecule has 0 saturated carbocycles. The molecule has 4 heteroatoms. The van der Waals surface area contributed by atoms with Crippen LogP contribution in [-0.2, 0) is 0 Å². The number of hydrogen-bond acceptors (Lipinski definition) is 1. The molecule has 0 aromatic heterocycles. The van der Waals surface area contributed by atoms with Gasteiger partial charge in [-0.2, -0.15) is 13.2 Å². The van der Waals surface area contributed by atoms with Gasteiger partial charge in [-0.15, -0.1) is 0 Å². The predicted molar refractivity (Wildman–Crippen MR) is 52.0 cm³/mol. The van der Waals surface area contributed by atoms with Crippen LogP contribution >= 0.6 is 0 Å². The summed E-state index contributed by atoms with van der Waals surface area (Å²) in [5, 5.41) is 2.22. The van der Waals surface area contributed by atoms with E-state index < -0.39 is 12.2 Å². The van der Waals surface area contributed by atoms with Crippen LogP contribution in [-0.4, -0.2) is 19.3 Å². The van der Waals surface area contributed by atoms with Crippen molar-refractivity contribution in [3.05, 3.63) is 36.5 Å². The van der Waals surface area contributed by atoms with Crippen LogP contribution in [0.4, 0.5) is 13.2 Å². The zero-order chi connectivity index (χ0) is 11.2. The highest BCUT2D eigenvalue weighted by Crippen LogP contribution is 2.25. The maximum atomic E-state index is 12.4. The Morgan fingerprint density at radius 1 is 1.43 bits per heavy atom. The molecule has 1 unspecified atom stereocenters. The molecule has 1 N–H and O–H groups in total. The summed E-state index contributed by atoms with van der Waals surface area (Å²) in [6, 6.07) is -1.62. The molecule has 0 aliphatic carbocycles. The molecular formula is C10H14F3N. The number of alkyl halides is 3. The van der Waals surface area contributed by atoms with Gasteiger partial charge < -0.3 is 5.32 Å². The topological polar surface area (TPSA) is 12.0 Å². The number of nitrogens with one attached hydrogen (secondary N) is 1. The Morgan fingerprint density at radius 2 is 2.00 bits per heavy atom. The SMILES string of the molecule is C=C/C=C\C(=C/C)C(NC)C(F)(F)F. The van der Waals surface area contributed by atoms with E-state index in [0.717, 1.165) is 0 Å². The molecule has 0 bridgehead atoms. The molecule has 0 radical (unpaired) electrons. The van der Waals surface area contributed by atoms with Crippen LogP contribution in [0.1, 0.15) is 6.92 Å². The van der Waals surface area contributed by atoms with E-state index >= 15 is 0 Å². The smallest absolute Gasteiger partial charge is 0.306 e. The fraction of sp³-hybridized carbons (Fsp3) is 0.400. The minimum atomic E-state index is -4.28. The monoisotopic (exact) mass is 205 g/mol. The first kappa shape index (κ1) is 13.0. The number of allylic oxidation sites excluding steroid dienone is 3. The van der Waals surface area contributed by atoms with Gasteiger partial charge in [-0.3, -0.25) is 0 Å². The molecule has 0 aromatic carbocycles. The van der Waals surface area contributed by atoms with Crippen molar-refractivity contribution in [3.63, 3.8) is 0 Å². The van der Waals surface area contributed by atoms with E-state index in [4.69, 9.17) is 0 Å². The number of rotatable bonds is 4. The first-order valence-corrected chi connectivity index (χ1v) is 4.16. The average molecular weight is 205 g/mol. The lowest BCUT2D eigenvalue weighted by Crippen LogP contribution is -2.41. The molecule has 14 heavy (non-hydrogen) atoms. The minimum absolute atomic E-state index is 0.180. The van der Waals surface area contributed by atoms with Crippen molar-refractivity contribution in [2.45, 2.75) is 19.1 Å². The van der Waals surface area contributed by atoms with Crippen LogP contribution in [0.25, 0.3) is 0 Å². The zero-order valence-electron chi connectivity index (χ0n) is 8.23. The van der Waals surface area contributed by atoms with Gasteiger partial charge in [0.1, 0.15) is 6.04 Å². The van der Waals surface area contributed by atoms with Gasteiger partial charge >= 0.3 is 6.18 Å². The summed E-state index contributed by atoms with van der Waals surface area (Å²) in [4.78, 5) is 0. The van der Waals surface area contributed by atoms with Gasteiger partial charge in [0.2, 0.25) is 0 Å². The van der Waals surface area contributed by atoms with Crippen molar-refractivity contribution in [2.75, 3.05) is 7.05 Å². The second kappa shape index (κ2) is 5.65. The number of halogens is 3. The van der Waals surface area contributed by atoms with E-state index in [9.17, 15) is 13.2 Å². The lowest BCUT2D eigenvalue weighted by molar-refractivity contribution is -0.145. The first-order chi connectivity index (χ1) is 6.47. The van der Waals surface area contributed by atoms with Crippen LogP contribution in [0.2, 0.25) is 0 Å². The molecule has 0 amide bonds. The van der Waals surface area contributed by atoms with Crippen molar-refractivity contribution in [2.24, 2.45) is 0 Å². The molecule has 0 heterocycles. The minimum Gasteiger partial charge on any atom is -0.306 e. The Morgan fingerprint density at radius 3 is 2.29 bits per heavy atom. The summed E-state index contributed by atoms with van der Waals surface area (Å²) in [7, 11) is 1.28. The summed E-state index contributed by atoms with van der Waals surface area (Å²) in [6.45, 7) is 4.97. The molecule has 0 aliphatic rings. The van der Waals surface area contributed by atoms with Gasteiger partial charge in [0, 0.05) is 0 Å². The third-order valence-electron chi connectivity index (χ3n) is 1.71. The standard InChI is InChI=1S/C10H14F3N/c1-4-6-7-8(5-2)9(14-3)10(11,12)13/h4-7,9,14H,1H2,2-3H3/b7-6-,8-5+. The van der Waals surface area contributed by atoms with Crippen LogP contribution in [0.3, 0.4) is 0 Å². The quantitative estimate of drug-likeness (QED) is 0.696. The second-order valence-corrected chi connectivity index (χ2v) is 2.65. The summed E-state index contributed by atoms with van der Waals surface area (Å²) < 4.78 is 37.3. The van der Waals surface area contributed by atoms with Gasteiger partial charge in [-0.1, -0.05) is 30.9 Å². The highest BCUT2D eigenvalue weighted by molar-refractivity contribution is 5.27. The summed E-state index contributed by atoms with van der Waals surface area (Å²) in [5.74, 6) is 0. The molecule has 0 aromatic rings. The van der Waals surface area contributed by atoms with Crippen LogP contribution in [0.5, 0.6) is 0 Å². The Hall–Kier alpha value is -1.03. The lowest BCUT2D eigenvalue weighted by Gasteiger charge is -2.20. The number of hydrogen-bond donors (Lipinski definition) is 1. The van der Waals surface area contributed by atoms with Gasteiger partial charge in [-0.05, 0) is 19.5 Å². The van der Waals surface area contributed by atoms with Gasteiger partial charge in [-0.25, -0.2) is 0 Å². The van der Waals surface area contributed by atoms with Crippen molar-refractivity contribution < 1.29 is 13.2 Å². The first-order valence-electron chi connectivity index (χ1n) is 4.16. The molecule has 80 valence electrons. The summed E-state index contributed by atoms with van der Waals surface area (Å²) in [5.41, 5.74) is 0.180. The second-order valence-electron chi connectivity index (χ2n) is 2.65. The molecule has 0 rings (SSSR count). The normalized spacial score (nSPS) is 15.9. The predicted octanol–water partition coefficient (Wildman–Crippen LogP) is 2.83. The maximum absolute atomic E-state index is 12.4. The van der Waals surface area contributed by atoms with Crippen molar-refractivity contribution in [1.82, 2.24) is 5.32 Å². The van der Waals surface area contributed by atoms with Crippen LogP contribution in [0.15, 0.2) is 36.5 Å². The number of likely N-dealkylation sites (N-methyl/N-ethyl adjacent to an activating group) is 1. The van der Waals surface area contributed by atoms with E-state index in [2.05, 4.69) is 11.9 Å². The summed E-state index contributed by atoms with van der Waals surface area (Å²) in [6.07, 6.45) is 1.45. The van der Waals surface area contributed by atoms with Gasteiger partial charge in [0.15, 0.2) is 0 Å². The lowest BCUT2D eigenvalue weighted by atomic mass is 10.1. The highest BCUT2D eigenvalue weighted by atomic mass is 19.4. The van der Waals surface area contributed by atoms with E-state index in [1.54, 1.807) is 6.92 Å². The Kier molecular flexibility index (Phi) is 5.23. The van der Waals surface area contributed by atoms with Gasteiger partial charge in [0.05, 0.1) is 0 Å². The Balaban J connectivity index is 4.81. The highest BCUT2D eigenvalue weighted by Gasteiger charge is 2.39. The molecule has 1 nitrogen and oxygen atoms in total. The van der Waals surface area contributed by atoms with Gasteiger partial charge in [0.25, 0.3) is 0 Å². The molecule has 0 aliphatic heterocycles.